The van der Waals surface area contributed by atoms with Crippen LogP contribution in [0.5, 0.6) is 5.75 Å². The van der Waals surface area contributed by atoms with Gasteiger partial charge < -0.3 is 9.64 Å². The average molecular weight is 558 g/mol. The number of Topliss-reactive ketones (excluding diaryl/α,β-unsaturated/α-hetero) is 3. The van der Waals surface area contributed by atoms with Crippen molar-refractivity contribution in [1.82, 2.24) is 0 Å². The third-order valence-electron chi connectivity index (χ3n) is 8.92. The lowest BCUT2D eigenvalue weighted by atomic mass is 9.64. The minimum absolute atomic E-state index is 0.227. The molecular weight excluding hydrogens is 529 g/mol. The van der Waals surface area contributed by atoms with Gasteiger partial charge in [0.1, 0.15) is 23.0 Å². The molecule has 2 aliphatic heterocycles. The summed E-state index contributed by atoms with van der Waals surface area (Å²) in [5.41, 5.74) is 2.32. The third-order valence-corrected chi connectivity index (χ3v) is 8.92. The van der Waals surface area contributed by atoms with Crippen LogP contribution in [-0.2, 0) is 0 Å². The summed E-state index contributed by atoms with van der Waals surface area (Å²) in [6.07, 6.45) is 3.55. The van der Waals surface area contributed by atoms with Crippen LogP contribution >= 0.6 is 0 Å². The number of halogens is 1. The van der Waals surface area contributed by atoms with Gasteiger partial charge in [-0.2, -0.15) is 0 Å². The van der Waals surface area contributed by atoms with Gasteiger partial charge in [0.25, 0.3) is 0 Å². The minimum atomic E-state index is -1.65. The Labute approximate surface area is 243 Å². The van der Waals surface area contributed by atoms with Crippen LogP contribution in [0, 0.1) is 18.2 Å². The normalized spacial score (nSPS) is 21.3. The summed E-state index contributed by atoms with van der Waals surface area (Å²) < 4.78 is 20.5. The molecule has 1 aliphatic carbocycles. The van der Waals surface area contributed by atoms with Crippen molar-refractivity contribution in [3.05, 3.63) is 136 Å². The number of nitrogens with zero attached hydrogens (tertiary/aromatic N) is 1. The lowest BCUT2D eigenvalue weighted by Gasteiger charge is -2.37. The van der Waals surface area contributed by atoms with Crippen LogP contribution in [0.2, 0.25) is 0 Å². The van der Waals surface area contributed by atoms with E-state index in [1.807, 2.05) is 55.1 Å². The van der Waals surface area contributed by atoms with E-state index in [0.29, 0.717) is 45.9 Å². The van der Waals surface area contributed by atoms with Crippen molar-refractivity contribution in [2.24, 2.45) is 5.41 Å². The van der Waals surface area contributed by atoms with Gasteiger partial charge in [0, 0.05) is 39.4 Å². The first kappa shape index (κ1) is 26.1. The maximum absolute atomic E-state index is 14.8. The van der Waals surface area contributed by atoms with E-state index in [9.17, 15) is 18.8 Å². The van der Waals surface area contributed by atoms with Gasteiger partial charge in [-0.1, -0.05) is 84.4 Å². The summed E-state index contributed by atoms with van der Waals surface area (Å²) in [7, 11) is 0. The Morgan fingerprint density at radius 2 is 1.57 bits per heavy atom. The molecule has 1 fully saturated rings. The Hall–Kier alpha value is -4.84. The Bertz CT molecular complexity index is 1770. The summed E-state index contributed by atoms with van der Waals surface area (Å²) in [5, 5.41) is 0. The van der Waals surface area contributed by atoms with Gasteiger partial charge in [0.05, 0.1) is 12.6 Å². The van der Waals surface area contributed by atoms with Gasteiger partial charge in [-0.25, -0.2) is 4.39 Å². The van der Waals surface area contributed by atoms with Gasteiger partial charge in [-0.05, 0) is 38.1 Å². The fraction of sp³-hybridized carbons (Fsp3) is 0.194. The molecule has 208 valence electrons. The molecular formula is C36H28FNO4. The number of ketones is 3. The molecule has 0 aromatic heterocycles. The number of para-hydroxylation sites is 1. The highest BCUT2D eigenvalue weighted by molar-refractivity contribution is 6.32. The zero-order valence-electron chi connectivity index (χ0n) is 23.2. The highest BCUT2D eigenvalue weighted by Gasteiger charge is 2.71. The van der Waals surface area contributed by atoms with Gasteiger partial charge in [-0.3, -0.25) is 14.4 Å². The zero-order valence-corrected chi connectivity index (χ0v) is 23.2. The maximum Gasteiger partial charge on any atom is 0.185 e. The number of aryl methyl sites for hydroxylation is 1. The lowest BCUT2D eigenvalue weighted by molar-refractivity contribution is 0.0664. The molecule has 1 saturated heterocycles. The Morgan fingerprint density at radius 1 is 0.905 bits per heavy atom. The highest BCUT2D eigenvalue weighted by atomic mass is 19.1. The number of hydrogen-bond acceptors (Lipinski definition) is 5. The van der Waals surface area contributed by atoms with E-state index < -0.39 is 29.2 Å². The van der Waals surface area contributed by atoms with Crippen molar-refractivity contribution < 1.29 is 23.5 Å². The van der Waals surface area contributed by atoms with E-state index in [1.165, 1.54) is 12.1 Å². The molecule has 0 radical (unpaired) electrons. The first-order valence-electron chi connectivity index (χ1n) is 14.1. The molecule has 0 unspecified atom stereocenters. The molecule has 5 nitrogen and oxygen atoms in total. The number of ether oxygens (including phenoxy) is 1. The Morgan fingerprint density at radius 3 is 2.26 bits per heavy atom. The molecule has 0 saturated carbocycles. The molecule has 3 aliphatic rings. The molecule has 1 spiro atoms. The first-order valence-corrected chi connectivity index (χ1v) is 14.1. The summed E-state index contributed by atoms with van der Waals surface area (Å²) in [5.74, 6) is -1.65. The van der Waals surface area contributed by atoms with Crippen molar-refractivity contribution >= 4 is 29.1 Å². The van der Waals surface area contributed by atoms with Gasteiger partial charge in [0.2, 0.25) is 0 Å². The smallest absolute Gasteiger partial charge is 0.185 e. The van der Waals surface area contributed by atoms with Crippen LogP contribution in [-0.4, -0.2) is 36.0 Å². The number of fused-ring (bicyclic) bond motifs is 5. The van der Waals surface area contributed by atoms with E-state index in [4.69, 9.17) is 4.74 Å². The van der Waals surface area contributed by atoms with Gasteiger partial charge in [0.15, 0.2) is 17.3 Å². The summed E-state index contributed by atoms with van der Waals surface area (Å²) in [4.78, 5) is 46.2. The van der Waals surface area contributed by atoms with E-state index in [1.54, 1.807) is 54.6 Å². The molecule has 2 heterocycles. The number of hydrogen-bond donors (Lipinski definition) is 0. The number of rotatable bonds is 5. The molecule has 4 aromatic rings. The summed E-state index contributed by atoms with van der Waals surface area (Å²) >= 11 is 0. The van der Waals surface area contributed by atoms with E-state index in [0.717, 1.165) is 5.56 Å². The lowest BCUT2D eigenvalue weighted by Crippen LogP contribution is -2.48. The second kappa shape index (κ2) is 9.62. The predicted octanol–water partition coefficient (Wildman–Crippen LogP) is 6.85. The molecule has 4 aromatic carbocycles. The van der Waals surface area contributed by atoms with Crippen LogP contribution in [0.3, 0.4) is 0 Å². The predicted molar refractivity (Wildman–Crippen MR) is 159 cm³/mol. The van der Waals surface area contributed by atoms with E-state index in [2.05, 4.69) is 0 Å². The minimum Gasteiger partial charge on any atom is -0.494 e. The first-order chi connectivity index (χ1) is 20.4. The van der Waals surface area contributed by atoms with Crippen LogP contribution in [0.25, 0.3) is 6.08 Å². The molecule has 0 N–H and O–H groups in total. The van der Waals surface area contributed by atoms with Crippen molar-refractivity contribution in [2.75, 3.05) is 11.5 Å². The Kier molecular flexibility index (Phi) is 5.98. The standard InChI is InChI=1S/C36H28FNO4/c1-3-42-29-11-7-6-10-27(29)31-32(33(39)22-14-12-21(2)13-15-22)38-28-18-17-24(37)20-23(28)16-19-30(38)36(31)34(40)25-8-4-5-9-26(25)35(36)41/h4-20,30-32H,3H2,1-2H3/t30-,31-,32+/m1/s1. The summed E-state index contributed by atoms with van der Waals surface area (Å²) in [6.45, 7) is 4.18. The topological polar surface area (TPSA) is 63.7 Å². The van der Waals surface area contributed by atoms with Crippen LogP contribution in [0.1, 0.15) is 60.6 Å². The van der Waals surface area contributed by atoms with Crippen LogP contribution < -0.4 is 9.64 Å². The number of benzene rings is 4. The monoisotopic (exact) mass is 557 g/mol. The van der Waals surface area contributed by atoms with E-state index >= 15 is 0 Å². The zero-order chi connectivity index (χ0) is 29.2. The maximum atomic E-state index is 14.8. The third kappa shape index (κ3) is 3.51. The van der Waals surface area contributed by atoms with Crippen LogP contribution in [0.4, 0.5) is 10.1 Å². The number of carbonyl (C=O) groups excluding carboxylic acids is 3. The van der Waals surface area contributed by atoms with Crippen molar-refractivity contribution in [1.29, 1.82) is 0 Å². The SMILES string of the molecule is CCOc1ccccc1[C@@H]1[C@@H](C(=O)c2ccc(C)cc2)N2c3ccc(F)cc3C=C[C@@H]2C12C(=O)c1ccccc1C2=O. The molecule has 42 heavy (non-hydrogen) atoms. The number of carbonyl (C=O) groups is 3. The fourth-order valence-electron chi connectivity index (χ4n) is 7.20. The molecule has 3 atom stereocenters. The number of anilines is 1. The van der Waals surface area contributed by atoms with Crippen molar-refractivity contribution in [2.45, 2.75) is 31.8 Å². The van der Waals surface area contributed by atoms with Crippen LogP contribution in [0.15, 0.2) is 97.1 Å². The second-order valence-corrected chi connectivity index (χ2v) is 11.1. The Balaban J connectivity index is 1.56. The molecule has 7 rings (SSSR count). The average Bonchev–Trinajstić information content (AvgIpc) is 3.43. The fourth-order valence-corrected chi connectivity index (χ4v) is 7.20. The quantitative estimate of drug-likeness (QED) is 0.198. The summed E-state index contributed by atoms with van der Waals surface area (Å²) in [6, 6.07) is 24.2. The van der Waals surface area contributed by atoms with Crippen molar-refractivity contribution in [3.8, 4) is 5.75 Å². The molecule has 0 bridgehead atoms. The van der Waals surface area contributed by atoms with Gasteiger partial charge in [-0.15, -0.1) is 0 Å². The largest absolute Gasteiger partial charge is 0.494 e. The second-order valence-electron chi connectivity index (χ2n) is 11.1. The van der Waals surface area contributed by atoms with Crippen molar-refractivity contribution in [3.63, 3.8) is 0 Å². The molecule has 6 heteroatoms. The highest BCUT2D eigenvalue weighted by Crippen LogP contribution is 2.62. The molecule has 0 amide bonds. The van der Waals surface area contributed by atoms with Gasteiger partial charge >= 0.3 is 0 Å². The van der Waals surface area contributed by atoms with E-state index in [-0.39, 0.29) is 17.3 Å².